The number of amides is 1. The number of para-hydroxylation sites is 1. The minimum absolute atomic E-state index is 0.0199. The molecule has 2 N–H and O–H groups in total. The van der Waals surface area contributed by atoms with E-state index in [4.69, 9.17) is 4.74 Å². The van der Waals surface area contributed by atoms with Crippen molar-refractivity contribution in [3.8, 4) is 11.5 Å². The summed E-state index contributed by atoms with van der Waals surface area (Å²) >= 11 is 0. The molecule has 0 saturated carbocycles. The normalized spacial score (nSPS) is 10.6. The fourth-order valence-corrected chi connectivity index (χ4v) is 1.82. The molecule has 0 bridgehead atoms. The van der Waals surface area contributed by atoms with E-state index in [0.29, 0.717) is 16.9 Å². The first kappa shape index (κ1) is 14.6. The molecular formula is C16H16N2O3. The fourth-order valence-electron chi connectivity index (χ4n) is 1.82. The van der Waals surface area contributed by atoms with E-state index in [9.17, 15) is 9.90 Å². The number of aryl methyl sites for hydroxylation is 1. The quantitative estimate of drug-likeness (QED) is 0.669. The first-order chi connectivity index (χ1) is 10.1. The van der Waals surface area contributed by atoms with Gasteiger partial charge in [0, 0.05) is 11.1 Å². The summed E-state index contributed by atoms with van der Waals surface area (Å²) in [7, 11) is 1.47. The maximum absolute atomic E-state index is 11.9. The number of phenolic OH excluding ortho intramolecular Hbond substituents is 1. The number of ether oxygens (including phenoxy) is 1. The van der Waals surface area contributed by atoms with Gasteiger partial charge in [-0.15, -0.1) is 0 Å². The summed E-state index contributed by atoms with van der Waals surface area (Å²) in [6, 6.07) is 12.2. The Kier molecular flexibility index (Phi) is 4.56. The highest BCUT2D eigenvalue weighted by Crippen LogP contribution is 2.27. The number of methoxy groups -OCH3 is 1. The number of rotatable bonds is 4. The van der Waals surface area contributed by atoms with Crippen LogP contribution < -0.4 is 10.2 Å². The summed E-state index contributed by atoms with van der Waals surface area (Å²) < 4.78 is 5.00. The Morgan fingerprint density at radius 1 is 1.29 bits per heavy atom. The van der Waals surface area contributed by atoms with E-state index in [1.165, 1.54) is 13.3 Å². The van der Waals surface area contributed by atoms with E-state index < -0.39 is 0 Å². The number of hydrazone groups is 1. The predicted molar refractivity (Wildman–Crippen MR) is 80.9 cm³/mol. The number of nitrogens with zero attached hydrogens (tertiary/aromatic N) is 1. The summed E-state index contributed by atoms with van der Waals surface area (Å²) in [5, 5.41) is 13.7. The Morgan fingerprint density at radius 3 is 2.76 bits per heavy atom. The van der Waals surface area contributed by atoms with E-state index in [2.05, 4.69) is 10.5 Å². The number of aromatic hydroxyl groups is 1. The molecule has 0 radical (unpaired) electrons. The van der Waals surface area contributed by atoms with E-state index >= 15 is 0 Å². The van der Waals surface area contributed by atoms with Crippen LogP contribution in [0.4, 0.5) is 0 Å². The van der Waals surface area contributed by atoms with E-state index in [1.54, 1.807) is 30.3 Å². The lowest BCUT2D eigenvalue weighted by molar-refractivity contribution is 0.0955. The van der Waals surface area contributed by atoms with Crippen molar-refractivity contribution in [2.24, 2.45) is 5.10 Å². The van der Waals surface area contributed by atoms with Gasteiger partial charge in [-0.2, -0.15) is 5.10 Å². The molecule has 2 aromatic carbocycles. The molecule has 0 atom stereocenters. The number of hydrogen-bond donors (Lipinski definition) is 2. The number of carbonyl (C=O) groups excluding carboxylic acids is 1. The van der Waals surface area contributed by atoms with Crippen LogP contribution in [-0.2, 0) is 0 Å². The second kappa shape index (κ2) is 6.56. The Hall–Kier alpha value is -2.82. The van der Waals surface area contributed by atoms with Crippen LogP contribution in [0.5, 0.6) is 11.5 Å². The molecule has 0 aromatic heterocycles. The van der Waals surface area contributed by atoms with Crippen molar-refractivity contribution in [1.82, 2.24) is 5.43 Å². The molecule has 0 aliphatic rings. The Morgan fingerprint density at radius 2 is 2.05 bits per heavy atom. The van der Waals surface area contributed by atoms with Gasteiger partial charge in [0.15, 0.2) is 11.5 Å². The third-order valence-corrected chi connectivity index (χ3v) is 2.90. The minimum atomic E-state index is -0.308. The van der Waals surface area contributed by atoms with Crippen LogP contribution in [0.1, 0.15) is 21.5 Å². The van der Waals surface area contributed by atoms with Crippen LogP contribution in [0, 0.1) is 6.92 Å². The summed E-state index contributed by atoms with van der Waals surface area (Å²) in [5.74, 6) is 0.0230. The van der Waals surface area contributed by atoms with Gasteiger partial charge >= 0.3 is 0 Å². The lowest BCUT2D eigenvalue weighted by Crippen LogP contribution is -2.17. The van der Waals surface area contributed by atoms with Crippen molar-refractivity contribution in [3.05, 3.63) is 59.2 Å². The summed E-state index contributed by atoms with van der Waals surface area (Å²) in [6.45, 7) is 1.91. The molecule has 0 heterocycles. The molecule has 0 saturated heterocycles. The first-order valence-electron chi connectivity index (χ1n) is 6.38. The van der Waals surface area contributed by atoms with Gasteiger partial charge in [-0.1, -0.05) is 23.8 Å². The highest BCUT2D eigenvalue weighted by molar-refractivity contribution is 5.95. The molecule has 2 aromatic rings. The molecule has 0 aliphatic heterocycles. The van der Waals surface area contributed by atoms with Crippen molar-refractivity contribution < 1.29 is 14.6 Å². The van der Waals surface area contributed by atoms with E-state index in [1.807, 2.05) is 19.1 Å². The molecular weight excluding hydrogens is 268 g/mol. The highest BCUT2D eigenvalue weighted by Gasteiger charge is 2.06. The fraction of sp³-hybridized carbons (Fsp3) is 0.125. The van der Waals surface area contributed by atoms with E-state index in [-0.39, 0.29) is 11.7 Å². The lowest BCUT2D eigenvalue weighted by atomic mass is 10.1. The maximum atomic E-state index is 11.9. The van der Waals surface area contributed by atoms with Crippen molar-refractivity contribution >= 4 is 12.1 Å². The average molecular weight is 284 g/mol. The van der Waals surface area contributed by atoms with Crippen LogP contribution in [-0.4, -0.2) is 24.3 Å². The van der Waals surface area contributed by atoms with Crippen molar-refractivity contribution in [3.63, 3.8) is 0 Å². The number of hydrogen-bond acceptors (Lipinski definition) is 4. The van der Waals surface area contributed by atoms with Crippen LogP contribution >= 0.6 is 0 Å². The zero-order valence-corrected chi connectivity index (χ0v) is 11.8. The molecule has 0 aliphatic carbocycles. The van der Waals surface area contributed by atoms with Crippen LogP contribution in [0.2, 0.25) is 0 Å². The molecule has 5 heteroatoms. The standard InChI is InChI=1S/C16H16N2O3/c1-11-5-3-6-12(9-11)16(20)18-17-10-13-7-4-8-14(21-2)15(13)19/h3-10,19H,1-2H3,(H,18,20)/b17-10-. The van der Waals surface area contributed by atoms with Gasteiger partial charge in [-0.25, -0.2) is 5.43 Å². The minimum Gasteiger partial charge on any atom is -0.504 e. The molecule has 0 unspecified atom stereocenters. The predicted octanol–water partition coefficient (Wildman–Crippen LogP) is 2.47. The third kappa shape index (κ3) is 3.60. The maximum Gasteiger partial charge on any atom is 0.271 e. The number of carbonyl (C=O) groups is 1. The molecule has 0 spiro atoms. The highest BCUT2D eigenvalue weighted by atomic mass is 16.5. The average Bonchev–Trinajstić information content (AvgIpc) is 2.49. The Balaban J connectivity index is 2.07. The van der Waals surface area contributed by atoms with Gasteiger partial charge in [-0.05, 0) is 31.2 Å². The van der Waals surface area contributed by atoms with Gasteiger partial charge in [-0.3, -0.25) is 4.79 Å². The number of benzene rings is 2. The molecule has 5 nitrogen and oxygen atoms in total. The second-order valence-corrected chi connectivity index (χ2v) is 4.47. The Labute approximate surface area is 122 Å². The summed E-state index contributed by atoms with van der Waals surface area (Å²) in [5.41, 5.74) is 4.40. The van der Waals surface area contributed by atoms with Crippen LogP contribution in [0.15, 0.2) is 47.6 Å². The van der Waals surface area contributed by atoms with Gasteiger partial charge < -0.3 is 9.84 Å². The third-order valence-electron chi connectivity index (χ3n) is 2.90. The Bertz CT molecular complexity index is 681. The zero-order valence-electron chi connectivity index (χ0n) is 11.8. The summed E-state index contributed by atoms with van der Waals surface area (Å²) in [6.07, 6.45) is 1.37. The van der Waals surface area contributed by atoms with Gasteiger partial charge in [0.25, 0.3) is 5.91 Å². The zero-order chi connectivity index (χ0) is 15.2. The van der Waals surface area contributed by atoms with Crippen molar-refractivity contribution in [1.29, 1.82) is 0 Å². The SMILES string of the molecule is COc1cccc(/C=N\NC(=O)c2cccc(C)c2)c1O. The largest absolute Gasteiger partial charge is 0.504 e. The van der Waals surface area contributed by atoms with Gasteiger partial charge in [0.2, 0.25) is 0 Å². The van der Waals surface area contributed by atoms with Crippen LogP contribution in [0.25, 0.3) is 0 Å². The smallest absolute Gasteiger partial charge is 0.271 e. The van der Waals surface area contributed by atoms with Crippen molar-refractivity contribution in [2.75, 3.05) is 7.11 Å². The number of nitrogens with one attached hydrogen (secondary N) is 1. The molecule has 108 valence electrons. The molecule has 2 rings (SSSR count). The lowest BCUT2D eigenvalue weighted by Gasteiger charge is -2.05. The van der Waals surface area contributed by atoms with Gasteiger partial charge in [0.05, 0.1) is 13.3 Å². The van der Waals surface area contributed by atoms with Crippen molar-refractivity contribution in [2.45, 2.75) is 6.92 Å². The molecule has 1 amide bonds. The van der Waals surface area contributed by atoms with Gasteiger partial charge in [0.1, 0.15) is 0 Å². The molecule has 21 heavy (non-hydrogen) atoms. The first-order valence-corrected chi connectivity index (χ1v) is 6.38. The topological polar surface area (TPSA) is 70.9 Å². The van der Waals surface area contributed by atoms with E-state index in [0.717, 1.165) is 5.56 Å². The number of phenols is 1. The monoisotopic (exact) mass is 284 g/mol. The molecule has 0 fully saturated rings. The second-order valence-electron chi connectivity index (χ2n) is 4.47. The summed E-state index contributed by atoms with van der Waals surface area (Å²) in [4.78, 5) is 11.9. The van der Waals surface area contributed by atoms with Crippen LogP contribution in [0.3, 0.4) is 0 Å².